The summed E-state index contributed by atoms with van der Waals surface area (Å²) in [7, 11) is 1.71. The quantitative estimate of drug-likeness (QED) is 0.535. The average Bonchev–Trinajstić information content (AvgIpc) is 2.76. The number of guanidine groups is 1. The monoisotopic (exact) mass is 415 g/mol. The van der Waals surface area contributed by atoms with Crippen molar-refractivity contribution in [2.24, 2.45) is 4.99 Å². The smallest absolute Gasteiger partial charge is 0.191 e. The van der Waals surface area contributed by atoms with Crippen molar-refractivity contribution in [3.05, 3.63) is 54.0 Å². The predicted molar refractivity (Wildman–Crippen MR) is 117 cm³/mol. The Bertz CT molecular complexity index is 831. The maximum atomic E-state index is 13.7. The number of rotatable bonds is 7. The van der Waals surface area contributed by atoms with Crippen LogP contribution in [0.25, 0.3) is 0 Å². The van der Waals surface area contributed by atoms with Gasteiger partial charge in [0.15, 0.2) is 17.5 Å². The van der Waals surface area contributed by atoms with Gasteiger partial charge in [0.05, 0.1) is 19.3 Å². The normalized spacial score (nSPS) is 18.1. The minimum atomic E-state index is -0.366. The Balaban J connectivity index is 1.44. The molecule has 162 valence electrons. The van der Waals surface area contributed by atoms with Crippen molar-refractivity contribution in [3.63, 3.8) is 0 Å². The minimum absolute atomic E-state index is 0.223. The van der Waals surface area contributed by atoms with E-state index < -0.39 is 0 Å². The molecular weight excluding hydrogens is 385 g/mol. The van der Waals surface area contributed by atoms with Crippen molar-refractivity contribution in [2.45, 2.75) is 32.6 Å². The third-order valence-electron chi connectivity index (χ3n) is 4.78. The van der Waals surface area contributed by atoms with Gasteiger partial charge in [-0.1, -0.05) is 18.2 Å². The summed E-state index contributed by atoms with van der Waals surface area (Å²) < 4.78 is 24.9. The molecule has 2 aromatic rings. The third kappa shape index (κ3) is 6.32. The van der Waals surface area contributed by atoms with Crippen LogP contribution in [0.15, 0.2) is 47.6 Å². The maximum absolute atomic E-state index is 13.7. The van der Waals surface area contributed by atoms with Crippen molar-refractivity contribution in [2.75, 3.05) is 38.2 Å². The van der Waals surface area contributed by atoms with E-state index in [9.17, 15) is 4.39 Å². The molecule has 2 unspecified atom stereocenters. The number of aromatic nitrogens is 1. The van der Waals surface area contributed by atoms with Crippen LogP contribution in [-0.2, 0) is 11.3 Å². The van der Waals surface area contributed by atoms with Crippen LogP contribution in [0.4, 0.5) is 10.2 Å². The van der Waals surface area contributed by atoms with Crippen LogP contribution in [0.5, 0.6) is 5.75 Å². The minimum Gasteiger partial charge on any atom is -0.486 e. The number of aliphatic imine (C=N–C) groups is 1. The molecule has 3 rings (SSSR count). The number of para-hydroxylation sites is 1. The van der Waals surface area contributed by atoms with E-state index in [1.807, 2.05) is 19.2 Å². The van der Waals surface area contributed by atoms with E-state index in [2.05, 4.69) is 38.5 Å². The molecule has 2 N–H and O–H groups in total. The van der Waals surface area contributed by atoms with E-state index in [0.717, 1.165) is 31.1 Å². The molecule has 1 saturated heterocycles. The Morgan fingerprint density at radius 3 is 2.87 bits per heavy atom. The highest BCUT2D eigenvalue weighted by Gasteiger charge is 2.17. The second-order valence-corrected chi connectivity index (χ2v) is 7.32. The van der Waals surface area contributed by atoms with Gasteiger partial charge in [-0.15, -0.1) is 0 Å². The van der Waals surface area contributed by atoms with Gasteiger partial charge in [0.2, 0.25) is 0 Å². The number of hydrogen-bond donors (Lipinski definition) is 2. The van der Waals surface area contributed by atoms with Crippen molar-refractivity contribution in [1.82, 2.24) is 15.6 Å². The fourth-order valence-corrected chi connectivity index (χ4v) is 3.18. The summed E-state index contributed by atoms with van der Waals surface area (Å²) in [4.78, 5) is 11.0. The summed E-state index contributed by atoms with van der Waals surface area (Å²) in [6.07, 6.45) is 1.87. The first-order valence-electron chi connectivity index (χ1n) is 10.2. The van der Waals surface area contributed by atoms with Crippen molar-refractivity contribution < 1.29 is 13.9 Å². The number of pyridine rings is 1. The lowest BCUT2D eigenvalue weighted by Gasteiger charge is -2.32. The summed E-state index contributed by atoms with van der Waals surface area (Å²) in [6.45, 7) is 7.47. The molecule has 0 aliphatic carbocycles. The van der Waals surface area contributed by atoms with Gasteiger partial charge in [-0.2, -0.15) is 0 Å². The average molecular weight is 416 g/mol. The van der Waals surface area contributed by atoms with E-state index in [1.54, 1.807) is 25.2 Å². The molecule has 0 bridgehead atoms. The molecule has 1 aromatic carbocycles. The number of nitrogens with one attached hydrogen (secondary N) is 2. The van der Waals surface area contributed by atoms with E-state index in [0.29, 0.717) is 19.0 Å². The zero-order valence-corrected chi connectivity index (χ0v) is 17.8. The van der Waals surface area contributed by atoms with Gasteiger partial charge in [0, 0.05) is 32.9 Å². The molecule has 0 amide bonds. The van der Waals surface area contributed by atoms with E-state index in [1.165, 1.54) is 6.07 Å². The molecule has 0 saturated carbocycles. The topological polar surface area (TPSA) is 71.0 Å². The van der Waals surface area contributed by atoms with E-state index in [4.69, 9.17) is 9.47 Å². The molecule has 1 aliphatic rings. The highest BCUT2D eigenvalue weighted by atomic mass is 19.1. The summed E-state index contributed by atoms with van der Waals surface area (Å²) >= 11 is 0. The Morgan fingerprint density at radius 1 is 1.33 bits per heavy atom. The summed E-state index contributed by atoms with van der Waals surface area (Å²) in [5.74, 6) is 1.49. The zero-order valence-electron chi connectivity index (χ0n) is 17.8. The second kappa shape index (κ2) is 10.8. The van der Waals surface area contributed by atoms with Crippen LogP contribution in [0, 0.1) is 5.82 Å². The highest BCUT2D eigenvalue weighted by Crippen LogP contribution is 2.17. The molecule has 1 fully saturated rings. The van der Waals surface area contributed by atoms with Gasteiger partial charge in [-0.05, 0) is 37.6 Å². The van der Waals surface area contributed by atoms with Gasteiger partial charge in [0.1, 0.15) is 11.9 Å². The molecule has 0 radical (unpaired) electrons. The number of morpholine rings is 1. The number of benzene rings is 1. The molecule has 1 aliphatic heterocycles. The Morgan fingerprint density at radius 2 is 2.17 bits per heavy atom. The molecular formula is C22H30FN5O2. The molecule has 2 atom stereocenters. The lowest BCUT2D eigenvalue weighted by atomic mass is 10.2. The molecule has 1 aromatic heterocycles. The predicted octanol–water partition coefficient (Wildman–Crippen LogP) is 2.58. The Labute approximate surface area is 177 Å². The SMILES string of the molecule is CN=C(NCc1ccc(N2CCOC(C)C2)nc1)NCC(C)Oc1ccccc1F. The Hall–Kier alpha value is -2.87. The van der Waals surface area contributed by atoms with Crippen LogP contribution in [0.3, 0.4) is 0 Å². The van der Waals surface area contributed by atoms with Crippen molar-refractivity contribution >= 4 is 11.8 Å². The molecule has 30 heavy (non-hydrogen) atoms. The largest absolute Gasteiger partial charge is 0.486 e. The first kappa shape index (κ1) is 21.8. The summed E-state index contributed by atoms with van der Waals surface area (Å²) in [5, 5.41) is 6.45. The van der Waals surface area contributed by atoms with E-state index in [-0.39, 0.29) is 23.8 Å². The number of hydrogen-bond acceptors (Lipinski definition) is 5. The summed E-state index contributed by atoms with van der Waals surface area (Å²) in [5.41, 5.74) is 1.05. The lowest BCUT2D eigenvalue weighted by molar-refractivity contribution is 0.0529. The Kier molecular flexibility index (Phi) is 7.84. The third-order valence-corrected chi connectivity index (χ3v) is 4.78. The number of ether oxygens (including phenoxy) is 2. The van der Waals surface area contributed by atoms with Crippen LogP contribution < -0.4 is 20.3 Å². The highest BCUT2D eigenvalue weighted by molar-refractivity contribution is 5.79. The molecule has 7 nitrogen and oxygen atoms in total. The second-order valence-electron chi connectivity index (χ2n) is 7.32. The van der Waals surface area contributed by atoms with Crippen molar-refractivity contribution in [3.8, 4) is 5.75 Å². The van der Waals surface area contributed by atoms with E-state index >= 15 is 0 Å². The number of anilines is 1. The maximum Gasteiger partial charge on any atom is 0.191 e. The van der Waals surface area contributed by atoms with Crippen LogP contribution >= 0.6 is 0 Å². The lowest BCUT2D eigenvalue weighted by Crippen LogP contribution is -2.42. The molecule has 0 spiro atoms. The van der Waals surface area contributed by atoms with Gasteiger partial charge in [-0.25, -0.2) is 9.37 Å². The number of halogens is 1. The van der Waals surface area contributed by atoms with Crippen LogP contribution in [-0.4, -0.2) is 56.4 Å². The van der Waals surface area contributed by atoms with Gasteiger partial charge < -0.3 is 25.0 Å². The van der Waals surface area contributed by atoms with Crippen LogP contribution in [0.2, 0.25) is 0 Å². The molecule has 2 heterocycles. The fourth-order valence-electron chi connectivity index (χ4n) is 3.18. The zero-order chi connectivity index (χ0) is 21.3. The first-order chi connectivity index (χ1) is 14.5. The van der Waals surface area contributed by atoms with Gasteiger partial charge >= 0.3 is 0 Å². The first-order valence-corrected chi connectivity index (χ1v) is 10.2. The summed E-state index contributed by atoms with van der Waals surface area (Å²) in [6, 6.07) is 10.5. The van der Waals surface area contributed by atoms with Crippen LogP contribution in [0.1, 0.15) is 19.4 Å². The van der Waals surface area contributed by atoms with Gasteiger partial charge in [-0.3, -0.25) is 4.99 Å². The standard InChI is InChI=1S/C22H30FN5O2/c1-16(30-20-7-5-4-6-19(20)23)12-26-22(24-3)27-14-18-8-9-21(25-13-18)28-10-11-29-17(2)15-28/h4-9,13,16-17H,10-12,14-15H2,1-3H3,(H2,24,26,27). The van der Waals surface area contributed by atoms with Gasteiger partial charge in [0.25, 0.3) is 0 Å². The fraction of sp³-hybridized carbons (Fsp3) is 0.455. The van der Waals surface area contributed by atoms with Crippen molar-refractivity contribution in [1.29, 1.82) is 0 Å². The molecule has 8 heteroatoms. The number of nitrogens with zero attached hydrogens (tertiary/aromatic N) is 3.